The fourth-order valence-electron chi connectivity index (χ4n) is 6.24. The van der Waals surface area contributed by atoms with Crippen LogP contribution in [-0.4, -0.2) is 92.9 Å². The van der Waals surface area contributed by atoms with Crippen molar-refractivity contribution in [2.24, 2.45) is 11.8 Å². The number of rotatable bonds is 1. The Hall–Kier alpha value is -1.82. The highest BCUT2D eigenvalue weighted by Gasteiger charge is 2.63. The van der Waals surface area contributed by atoms with Gasteiger partial charge in [0.15, 0.2) is 0 Å². The molecule has 3 fully saturated rings. The van der Waals surface area contributed by atoms with Crippen molar-refractivity contribution < 1.29 is 49.0 Å². The summed E-state index contributed by atoms with van der Waals surface area (Å²) in [5.41, 5.74) is -2.55. The number of aliphatic hydroxyl groups excluding tert-OH is 3. The summed E-state index contributed by atoms with van der Waals surface area (Å²) in [6.45, 7) is 5.25. The summed E-state index contributed by atoms with van der Waals surface area (Å²) in [7, 11) is 0. The molecule has 0 aromatic carbocycles. The maximum absolute atomic E-state index is 13.0. The van der Waals surface area contributed by atoms with Gasteiger partial charge < -0.3 is 39.4 Å². The van der Waals surface area contributed by atoms with Gasteiger partial charge in [0, 0.05) is 19.8 Å². The van der Waals surface area contributed by atoms with Gasteiger partial charge in [-0.3, -0.25) is 4.79 Å². The third-order valence-electron chi connectivity index (χ3n) is 8.30. The van der Waals surface area contributed by atoms with Gasteiger partial charge in [-0.15, -0.1) is 0 Å². The number of fused-ring (bicyclic) bond motifs is 6. The zero-order chi connectivity index (χ0) is 27.6. The summed E-state index contributed by atoms with van der Waals surface area (Å²) in [5.74, 6) is -1.53. The van der Waals surface area contributed by atoms with Gasteiger partial charge in [0.1, 0.15) is 18.3 Å². The van der Waals surface area contributed by atoms with Crippen LogP contribution in [0.4, 0.5) is 0 Å². The van der Waals surface area contributed by atoms with E-state index in [9.17, 15) is 30.0 Å². The first-order valence-electron chi connectivity index (χ1n) is 13.8. The number of hydrogen-bond acceptors (Lipinski definition) is 10. The lowest BCUT2D eigenvalue weighted by Gasteiger charge is -2.38. The highest BCUT2D eigenvalue weighted by atomic mass is 16.6. The lowest BCUT2D eigenvalue weighted by Crippen LogP contribution is -2.58. The van der Waals surface area contributed by atoms with Crippen LogP contribution in [0.2, 0.25) is 0 Å². The molecule has 4 heterocycles. The van der Waals surface area contributed by atoms with E-state index >= 15 is 0 Å². The minimum atomic E-state index is -2.55. The highest BCUT2D eigenvalue weighted by molar-refractivity contribution is 5.84. The van der Waals surface area contributed by atoms with E-state index in [1.807, 2.05) is 18.2 Å². The number of carbonyl (C=O) groups is 2. The summed E-state index contributed by atoms with van der Waals surface area (Å²) >= 11 is 0. The Balaban J connectivity index is 1.61. The quantitative estimate of drug-likeness (QED) is 0.360. The average Bonchev–Trinajstić information content (AvgIpc) is 3.30. The van der Waals surface area contributed by atoms with Crippen LogP contribution < -0.4 is 0 Å². The van der Waals surface area contributed by atoms with Gasteiger partial charge in [0.25, 0.3) is 0 Å². The van der Waals surface area contributed by atoms with Gasteiger partial charge in [0.2, 0.25) is 5.60 Å². The predicted molar refractivity (Wildman–Crippen MR) is 135 cm³/mol. The number of ether oxygens (including phenoxy) is 4. The summed E-state index contributed by atoms with van der Waals surface area (Å²) in [6.07, 6.45) is 2.72. The fraction of sp³-hybridized carbons (Fsp3) is 0.786. The van der Waals surface area contributed by atoms with Crippen molar-refractivity contribution in [1.82, 2.24) is 0 Å². The van der Waals surface area contributed by atoms with E-state index in [2.05, 4.69) is 19.9 Å². The number of allylic oxidation sites excluding steroid dienone is 3. The molecular formula is C28H42O10. The molecule has 0 amide bonds. The van der Waals surface area contributed by atoms with Gasteiger partial charge in [-0.25, -0.2) is 4.79 Å². The number of hydrogen-bond donors (Lipinski definition) is 4. The van der Waals surface area contributed by atoms with Crippen LogP contribution in [-0.2, 0) is 28.5 Å². The van der Waals surface area contributed by atoms with Gasteiger partial charge in [-0.05, 0) is 43.9 Å². The minimum Gasteiger partial charge on any atom is -0.459 e. The normalized spacial score (nSPS) is 46.4. The fourth-order valence-corrected chi connectivity index (χ4v) is 6.24. The van der Waals surface area contributed by atoms with Gasteiger partial charge in [-0.1, -0.05) is 38.2 Å². The molecule has 0 aliphatic carbocycles. The second-order valence-electron chi connectivity index (χ2n) is 11.5. The van der Waals surface area contributed by atoms with Crippen molar-refractivity contribution >= 4 is 11.9 Å². The second-order valence-corrected chi connectivity index (χ2v) is 11.5. The maximum atomic E-state index is 13.0. The van der Waals surface area contributed by atoms with E-state index in [1.165, 1.54) is 0 Å². The van der Waals surface area contributed by atoms with E-state index in [4.69, 9.17) is 18.9 Å². The van der Waals surface area contributed by atoms with Crippen LogP contribution in [0.25, 0.3) is 0 Å². The Bertz CT molecular complexity index is 904. The molecule has 12 unspecified atom stereocenters. The van der Waals surface area contributed by atoms with Crippen LogP contribution in [0, 0.1) is 11.8 Å². The summed E-state index contributed by atoms with van der Waals surface area (Å²) in [5, 5.41) is 44.0. The molecule has 4 rings (SSSR count). The largest absolute Gasteiger partial charge is 0.459 e. The molecular weight excluding hydrogens is 496 g/mol. The van der Waals surface area contributed by atoms with Crippen LogP contribution in [0.5, 0.6) is 0 Å². The molecule has 4 aliphatic heterocycles. The Morgan fingerprint density at radius 3 is 2.37 bits per heavy atom. The Labute approximate surface area is 223 Å². The molecule has 0 spiro atoms. The van der Waals surface area contributed by atoms with E-state index in [0.717, 1.165) is 6.92 Å². The minimum absolute atomic E-state index is 0.0855. The Morgan fingerprint density at radius 2 is 1.66 bits per heavy atom. The predicted octanol–water partition coefficient (Wildman–Crippen LogP) is 1.32. The molecule has 12 atom stereocenters. The van der Waals surface area contributed by atoms with Crippen LogP contribution in [0.3, 0.4) is 0 Å². The summed E-state index contributed by atoms with van der Waals surface area (Å²) in [6, 6.07) is 0. The first-order valence-corrected chi connectivity index (χ1v) is 13.8. The van der Waals surface area contributed by atoms with Crippen molar-refractivity contribution in [3.8, 4) is 0 Å². The summed E-state index contributed by atoms with van der Waals surface area (Å²) in [4.78, 5) is 24.9. The Morgan fingerprint density at radius 1 is 0.947 bits per heavy atom. The first kappa shape index (κ1) is 29.2. The topological polar surface area (TPSA) is 152 Å². The molecule has 6 bridgehead atoms. The van der Waals surface area contributed by atoms with Crippen molar-refractivity contribution in [2.45, 2.75) is 126 Å². The van der Waals surface area contributed by atoms with Crippen molar-refractivity contribution in [3.05, 3.63) is 24.3 Å². The molecule has 38 heavy (non-hydrogen) atoms. The van der Waals surface area contributed by atoms with E-state index in [0.29, 0.717) is 25.7 Å². The first-order chi connectivity index (χ1) is 18.0. The smallest absolute Gasteiger partial charge is 0.345 e. The molecule has 0 aromatic rings. The molecule has 0 saturated carbocycles. The van der Waals surface area contributed by atoms with Gasteiger partial charge in [0.05, 0.1) is 36.6 Å². The highest BCUT2D eigenvalue weighted by Crippen LogP contribution is 2.39. The number of esters is 2. The van der Waals surface area contributed by atoms with Crippen molar-refractivity contribution in [2.75, 3.05) is 0 Å². The third-order valence-corrected chi connectivity index (χ3v) is 8.30. The van der Waals surface area contributed by atoms with Gasteiger partial charge >= 0.3 is 11.9 Å². The lowest BCUT2D eigenvalue weighted by atomic mass is 9.83. The maximum Gasteiger partial charge on any atom is 0.345 e. The molecule has 214 valence electrons. The second kappa shape index (κ2) is 12.1. The number of carbonyl (C=O) groups excluding carboxylic acids is 2. The SMILES string of the molecule is CC(=O)OC1CC2CC(O)CC(CC(C)C=CC=CCC3OC(CC3C)C(O)CC3OC(=O)C1(O)C3O)O2. The molecule has 0 radical (unpaired) electrons. The Kier molecular flexibility index (Phi) is 9.32. The van der Waals surface area contributed by atoms with E-state index < -0.39 is 60.3 Å². The molecule has 10 nitrogen and oxygen atoms in total. The van der Waals surface area contributed by atoms with Crippen LogP contribution in [0.15, 0.2) is 24.3 Å². The molecule has 3 saturated heterocycles. The summed E-state index contributed by atoms with van der Waals surface area (Å²) < 4.78 is 23.0. The van der Waals surface area contributed by atoms with Crippen molar-refractivity contribution in [1.29, 1.82) is 0 Å². The van der Waals surface area contributed by atoms with E-state index in [1.54, 1.807) is 0 Å². The standard InChI is InChI=1S/C28H42O10/c1-15-7-5-4-6-8-22-16(2)10-23(37-22)21(31)14-24-26(32)28(34,27(33)38-24)25(35-17(3)29)13-20-12-18(30)11-19(9-15)36-20/h4-7,15-16,18-26,30-32,34H,8-14H2,1-3H3. The molecule has 10 heteroatoms. The zero-order valence-electron chi connectivity index (χ0n) is 22.3. The van der Waals surface area contributed by atoms with Crippen LogP contribution >= 0.6 is 0 Å². The zero-order valence-corrected chi connectivity index (χ0v) is 22.3. The van der Waals surface area contributed by atoms with E-state index in [-0.39, 0.29) is 43.3 Å². The molecule has 0 aromatic heterocycles. The lowest BCUT2D eigenvalue weighted by molar-refractivity contribution is -0.193. The average molecular weight is 539 g/mol. The monoisotopic (exact) mass is 538 g/mol. The number of aliphatic hydroxyl groups is 4. The third kappa shape index (κ3) is 6.48. The molecule has 4 aliphatic rings. The van der Waals surface area contributed by atoms with Gasteiger partial charge in [-0.2, -0.15) is 0 Å². The van der Waals surface area contributed by atoms with Crippen LogP contribution in [0.1, 0.15) is 65.7 Å². The van der Waals surface area contributed by atoms with Crippen molar-refractivity contribution in [3.63, 3.8) is 0 Å². The molecule has 4 N–H and O–H groups in total.